The first-order chi connectivity index (χ1) is 8.90. The van der Waals surface area contributed by atoms with E-state index in [2.05, 4.69) is 17.1 Å². The van der Waals surface area contributed by atoms with E-state index in [1.807, 2.05) is 60.8 Å². The Balaban J connectivity index is 0.000000138. The van der Waals surface area contributed by atoms with E-state index in [-0.39, 0.29) is 0 Å². The zero-order chi connectivity index (χ0) is 12.6. The van der Waals surface area contributed by atoms with Crippen LogP contribution in [0.25, 0.3) is 10.9 Å². The van der Waals surface area contributed by atoms with E-state index in [0.29, 0.717) is 5.88 Å². The lowest BCUT2D eigenvalue weighted by Crippen LogP contribution is -1.73. The van der Waals surface area contributed by atoms with Crippen LogP contribution in [0.2, 0.25) is 0 Å². The number of fused-ring (bicyclic) bond motifs is 1. The molecule has 0 bridgehead atoms. The van der Waals surface area contributed by atoms with Crippen LogP contribution in [0.5, 0.6) is 0 Å². The second kappa shape index (κ2) is 6.77. The molecule has 1 heterocycles. The summed E-state index contributed by atoms with van der Waals surface area (Å²) in [5, 5.41) is 1.20. The third-order valence-corrected chi connectivity index (χ3v) is 2.82. The fraction of sp³-hybridized carbons (Fsp3) is 0.0625. The molecule has 0 radical (unpaired) electrons. The molecule has 0 aliphatic heterocycles. The third-order valence-electron chi connectivity index (χ3n) is 2.51. The summed E-state index contributed by atoms with van der Waals surface area (Å²) >= 11 is 5.53. The Morgan fingerprint density at radius 3 is 2.11 bits per heavy atom. The summed E-state index contributed by atoms with van der Waals surface area (Å²) in [6.45, 7) is 0. The topological polar surface area (TPSA) is 12.9 Å². The van der Waals surface area contributed by atoms with Gasteiger partial charge >= 0.3 is 0 Å². The molecule has 0 spiro atoms. The van der Waals surface area contributed by atoms with Crippen LogP contribution in [-0.2, 0) is 5.88 Å². The highest BCUT2D eigenvalue weighted by molar-refractivity contribution is 6.17. The number of rotatable bonds is 1. The van der Waals surface area contributed by atoms with Gasteiger partial charge in [-0.25, -0.2) is 0 Å². The third kappa shape index (κ3) is 3.57. The lowest BCUT2D eigenvalue weighted by Gasteiger charge is -1.91. The lowest BCUT2D eigenvalue weighted by molar-refractivity contribution is 1.41. The minimum absolute atomic E-state index is 0.612. The van der Waals surface area contributed by atoms with Crippen LogP contribution in [-0.4, -0.2) is 4.98 Å². The first kappa shape index (κ1) is 12.6. The fourth-order valence-electron chi connectivity index (χ4n) is 1.58. The van der Waals surface area contributed by atoms with Crippen LogP contribution < -0.4 is 0 Å². The van der Waals surface area contributed by atoms with Crippen molar-refractivity contribution in [2.45, 2.75) is 5.88 Å². The maximum Gasteiger partial charge on any atom is 0.0701 e. The second-order valence-electron chi connectivity index (χ2n) is 3.82. The second-order valence-corrected chi connectivity index (χ2v) is 4.08. The number of benzene rings is 2. The molecule has 2 aromatic carbocycles. The maximum absolute atomic E-state index is 5.53. The molecule has 0 saturated heterocycles. The number of pyridine rings is 1. The first-order valence-corrected chi connectivity index (χ1v) is 6.33. The molecule has 3 rings (SSSR count). The minimum atomic E-state index is 0.612. The van der Waals surface area contributed by atoms with E-state index in [0.717, 1.165) is 5.52 Å². The highest BCUT2D eigenvalue weighted by Crippen LogP contribution is 2.07. The average Bonchev–Trinajstić information content (AvgIpc) is 2.49. The summed E-state index contributed by atoms with van der Waals surface area (Å²) in [5.41, 5.74) is 2.24. The fourth-order valence-corrected chi connectivity index (χ4v) is 1.76. The van der Waals surface area contributed by atoms with Gasteiger partial charge in [-0.1, -0.05) is 54.6 Å². The molecule has 18 heavy (non-hydrogen) atoms. The van der Waals surface area contributed by atoms with Gasteiger partial charge in [-0.05, 0) is 17.7 Å². The number of halogens is 1. The molecule has 0 unspecified atom stereocenters. The van der Waals surface area contributed by atoms with E-state index < -0.39 is 0 Å². The summed E-state index contributed by atoms with van der Waals surface area (Å²) in [7, 11) is 0. The largest absolute Gasteiger partial charge is 0.256 e. The molecule has 0 aliphatic rings. The smallest absolute Gasteiger partial charge is 0.0701 e. The van der Waals surface area contributed by atoms with E-state index in [1.165, 1.54) is 10.9 Å². The van der Waals surface area contributed by atoms with Gasteiger partial charge in [0.1, 0.15) is 0 Å². The SMILES string of the molecule is ClCc1ccccc1.c1ccc2ncccc2c1. The molecule has 2 heteroatoms. The summed E-state index contributed by atoms with van der Waals surface area (Å²) in [5.74, 6) is 0.612. The zero-order valence-electron chi connectivity index (χ0n) is 9.96. The van der Waals surface area contributed by atoms with Gasteiger partial charge in [-0.2, -0.15) is 0 Å². The van der Waals surface area contributed by atoms with Crippen molar-refractivity contribution in [1.82, 2.24) is 4.98 Å². The van der Waals surface area contributed by atoms with Gasteiger partial charge in [-0.3, -0.25) is 4.98 Å². The Kier molecular flexibility index (Phi) is 4.74. The van der Waals surface area contributed by atoms with Gasteiger partial charge in [0, 0.05) is 17.5 Å². The molecule has 0 N–H and O–H groups in total. The van der Waals surface area contributed by atoms with Gasteiger partial charge < -0.3 is 0 Å². The number of hydrogen-bond donors (Lipinski definition) is 0. The molecule has 1 nitrogen and oxygen atoms in total. The van der Waals surface area contributed by atoms with Crippen LogP contribution >= 0.6 is 11.6 Å². The van der Waals surface area contributed by atoms with Gasteiger partial charge in [0.25, 0.3) is 0 Å². The zero-order valence-corrected chi connectivity index (χ0v) is 10.7. The molecule has 0 atom stereocenters. The number of aromatic nitrogens is 1. The minimum Gasteiger partial charge on any atom is -0.256 e. The van der Waals surface area contributed by atoms with Crippen LogP contribution in [0.3, 0.4) is 0 Å². The van der Waals surface area contributed by atoms with Gasteiger partial charge in [0.2, 0.25) is 0 Å². The van der Waals surface area contributed by atoms with Crippen molar-refractivity contribution < 1.29 is 0 Å². The molecule has 1 aromatic heterocycles. The molecule has 0 fully saturated rings. The van der Waals surface area contributed by atoms with Crippen molar-refractivity contribution in [3.05, 3.63) is 78.5 Å². The molecule has 0 amide bonds. The standard InChI is InChI=1S/C9H7N.C7H7Cl/c1-2-6-9-8(4-1)5-3-7-10-9;8-6-7-4-2-1-3-5-7/h1-7H;1-5H,6H2. The van der Waals surface area contributed by atoms with E-state index in [9.17, 15) is 0 Å². The van der Waals surface area contributed by atoms with Crippen molar-refractivity contribution in [2.24, 2.45) is 0 Å². The monoisotopic (exact) mass is 255 g/mol. The normalized spacial score (nSPS) is 9.61. The Morgan fingerprint density at radius 1 is 0.778 bits per heavy atom. The number of nitrogens with zero attached hydrogens (tertiary/aromatic N) is 1. The van der Waals surface area contributed by atoms with Crippen molar-refractivity contribution in [3.63, 3.8) is 0 Å². The Morgan fingerprint density at radius 2 is 1.44 bits per heavy atom. The van der Waals surface area contributed by atoms with Crippen molar-refractivity contribution in [3.8, 4) is 0 Å². The number of hydrogen-bond acceptors (Lipinski definition) is 1. The van der Waals surface area contributed by atoms with Gasteiger partial charge in [-0.15, -0.1) is 11.6 Å². The predicted octanol–water partition coefficient (Wildman–Crippen LogP) is 4.66. The van der Waals surface area contributed by atoms with Gasteiger partial charge in [0.05, 0.1) is 5.52 Å². The quantitative estimate of drug-likeness (QED) is 0.577. The highest BCUT2D eigenvalue weighted by atomic mass is 35.5. The van der Waals surface area contributed by atoms with Crippen LogP contribution in [0.15, 0.2) is 72.9 Å². The van der Waals surface area contributed by atoms with E-state index in [1.54, 1.807) is 0 Å². The predicted molar refractivity (Wildman–Crippen MR) is 77.7 cm³/mol. The van der Waals surface area contributed by atoms with Crippen LogP contribution in [0.4, 0.5) is 0 Å². The van der Waals surface area contributed by atoms with Crippen molar-refractivity contribution in [2.75, 3.05) is 0 Å². The number of para-hydroxylation sites is 1. The molecular formula is C16H14ClN. The van der Waals surface area contributed by atoms with E-state index in [4.69, 9.17) is 11.6 Å². The number of alkyl halides is 1. The Labute approximate surface area is 112 Å². The van der Waals surface area contributed by atoms with Crippen molar-refractivity contribution >= 4 is 22.5 Å². The Bertz CT molecular complexity index is 528. The molecule has 3 aromatic rings. The summed E-state index contributed by atoms with van der Waals surface area (Å²) in [6, 6.07) is 22.0. The van der Waals surface area contributed by atoms with Crippen LogP contribution in [0.1, 0.15) is 5.56 Å². The summed E-state index contributed by atoms with van der Waals surface area (Å²) < 4.78 is 0. The lowest BCUT2D eigenvalue weighted by atomic mass is 10.2. The average molecular weight is 256 g/mol. The highest BCUT2D eigenvalue weighted by Gasteiger charge is 1.86. The first-order valence-electron chi connectivity index (χ1n) is 5.80. The molecule has 0 saturated carbocycles. The summed E-state index contributed by atoms with van der Waals surface area (Å²) in [4.78, 5) is 4.18. The summed E-state index contributed by atoms with van der Waals surface area (Å²) in [6.07, 6.45) is 1.81. The van der Waals surface area contributed by atoms with Crippen molar-refractivity contribution in [1.29, 1.82) is 0 Å². The maximum atomic E-state index is 5.53. The van der Waals surface area contributed by atoms with Crippen LogP contribution in [0, 0.1) is 0 Å². The molecule has 0 aliphatic carbocycles. The van der Waals surface area contributed by atoms with Gasteiger partial charge in [0.15, 0.2) is 0 Å². The Hall–Kier alpha value is -1.86. The van der Waals surface area contributed by atoms with E-state index >= 15 is 0 Å². The molecule has 90 valence electrons. The molecular weight excluding hydrogens is 242 g/mol.